The van der Waals surface area contributed by atoms with Crippen LogP contribution in [0.25, 0.3) is 0 Å². The van der Waals surface area contributed by atoms with Crippen LogP contribution >= 0.6 is 0 Å². The molecule has 5 heteroatoms. The highest BCUT2D eigenvalue weighted by atomic mass is 16.1. The number of hydrogen-bond acceptors (Lipinski definition) is 3. The Kier molecular flexibility index (Phi) is 3.84. The monoisotopic (exact) mass is 195 g/mol. The Hall–Kier alpha value is -1.65. The van der Waals surface area contributed by atoms with Gasteiger partial charge >= 0.3 is 0 Å². The first-order chi connectivity index (χ1) is 6.77. The maximum Gasteiger partial charge on any atom is 0.219 e. The number of nitrogens with zero attached hydrogens (tertiary/aromatic N) is 2. The molecular weight excluding hydrogens is 182 g/mol. The summed E-state index contributed by atoms with van der Waals surface area (Å²) in [6.45, 7) is 0.640. The average Bonchev–Trinajstić information content (AvgIpc) is 2.65. The van der Waals surface area contributed by atoms with E-state index in [1.807, 2.05) is 0 Å². The largest absolute Gasteiger partial charge is 0.359 e. The highest BCUT2D eigenvalue weighted by Gasteiger charge is 2.02. The molecule has 0 unspecified atom stereocenters. The molecule has 5 nitrogen and oxygen atoms in total. The van der Waals surface area contributed by atoms with E-state index in [0.717, 1.165) is 0 Å². The Morgan fingerprint density at radius 3 is 3.14 bits per heavy atom. The summed E-state index contributed by atoms with van der Waals surface area (Å²) in [5, 5.41) is 2.54. The molecule has 0 fully saturated rings. The van der Waals surface area contributed by atoms with Gasteiger partial charge in [-0.05, 0) is 6.42 Å². The van der Waals surface area contributed by atoms with Crippen LogP contribution in [-0.2, 0) is 11.3 Å². The van der Waals surface area contributed by atoms with E-state index in [0.29, 0.717) is 31.5 Å². The van der Waals surface area contributed by atoms with Crippen molar-refractivity contribution in [2.75, 3.05) is 7.05 Å². The zero-order chi connectivity index (χ0) is 10.4. The number of aryl methyl sites for hydroxylation is 1. The van der Waals surface area contributed by atoms with Crippen molar-refractivity contribution in [2.24, 2.45) is 0 Å². The van der Waals surface area contributed by atoms with Crippen molar-refractivity contribution >= 4 is 12.2 Å². The third-order valence-corrected chi connectivity index (χ3v) is 1.93. The van der Waals surface area contributed by atoms with E-state index in [2.05, 4.69) is 10.3 Å². The second-order valence-electron chi connectivity index (χ2n) is 2.87. The molecule has 0 saturated carbocycles. The summed E-state index contributed by atoms with van der Waals surface area (Å²) < 4.78 is 1.73. The van der Waals surface area contributed by atoms with E-state index < -0.39 is 0 Å². The molecule has 0 bridgehead atoms. The Morgan fingerprint density at radius 2 is 2.50 bits per heavy atom. The van der Waals surface area contributed by atoms with Crippen molar-refractivity contribution in [3.63, 3.8) is 0 Å². The van der Waals surface area contributed by atoms with E-state index >= 15 is 0 Å². The molecule has 0 atom stereocenters. The van der Waals surface area contributed by atoms with Gasteiger partial charge in [-0.3, -0.25) is 9.59 Å². The van der Waals surface area contributed by atoms with E-state index in [1.165, 1.54) is 0 Å². The lowest BCUT2D eigenvalue weighted by Crippen LogP contribution is -2.17. The molecule has 0 radical (unpaired) electrons. The molecule has 1 heterocycles. The molecule has 76 valence electrons. The highest BCUT2D eigenvalue weighted by molar-refractivity contribution is 5.75. The molecule has 1 aromatic rings. The Bertz CT molecular complexity index is 320. The average molecular weight is 195 g/mol. The first-order valence-electron chi connectivity index (χ1n) is 4.45. The minimum absolute atomic E-state index is 0.0118. The van der Waals surface area contributed by atoms with Crippen LogP contribution < -0.4 is 5.32 Å². The third kappa shape index (κ3) is 2.69. The SMILES string of the molecule is CNC(=O)CCCn1ccnc1C=O. The van der Waals surface area contributed by atoms with Gasteiger partial charge in [-0.1, -0.05) is 0 Å². The summed E-state index contributed by atoms with van der Waals surface area (Å²) in [6, 6.07) is 0. The standard InChI is InChI=1S/C9H13N3O2/c1-10-9(14)3-2-5-12-6-4-11-8(12)7-13/h4,6-7H,2-3,5H2,1H3,(H,10,14). The highest BCUT2D eigenvalue weighted by Crippen LogP contribution is 1.98. The van der Waals surface area contributed by atoms with Crippen LogP contribution in [0.3, 0.4) is 0 Å². The van der Waals surface area contributed by atoms with Crippen molar-refractivity contribution in [3.8, 4) is 0 Å². The number of amides is 1. The molecule has 0 saturated heterocycles. The van der Waals surface area contributed by atoms with Gasteiger partial charge in [0.15, 0.2) is 12.1 Å². The van der Waals surface area contributed by atoms with Gasteiger partial charge in [-0.2, -0.15) is 0 Å². The number of nitrogens with one attached hydrogen (secondary N) is 1. The lowest BCUT2D eigenvalue weighted by molar-refractivity contribution is -0.120. The Labute approximate surface area is 82.1 Å². The first kappa shape index (κ1) is 10.4. The fraction of sp³-hybridized carbons (Fsp3) is 0.444. The molecule has 1 aromatic heterocycles. The van der Waals surface area contributed by atoms with Crippen LogP contribution in [0.5, 0.6) is 0 Å². The van der Waals surface area contributed by atoms with Gasteiger partial charge in [0.25, 0.3) is 0 Å². The summed E-state index contributed by atoms with van der Waals surface area (Å²) in [7, 11) is 1.61. The quantitative estimate of drug-likeness (QED) is 0.684. The summed E-state index contributed by atoms with van der Waals surface area (Å²) in [5.74, 6) is 0.416. The van der Waals surface area contributed by atoms with Crippen molar-refractivity contribution in [3.05, 3.63) is 18.2 Å². The van der Waals surface area contributed by atoms with Crippen LogP contribution in [0.2, 0.25) is 0 Å². The van der Waals surface area contributed by atoms with E-state index in [1.54, 1.807) is 24.0 Å². The summed E-state index contributed by atoms with van der Waals surface area (Å²) in [4.78, 5) is 25.2. The lowest BCUT2D eigenvalue weighted by atomic mass is 10.3. The Morgan fingerprint density at radius 1 is 1.71 bits per heavy atom. The fourth-order valence-corrected chi connectivity index (χ4v) is 1.16. The smallest absolute Gasteiger partial charge is 0.219 e. The van der Waals surface area contributed by atoms with Gasteiger partial charge < -0.3 is 9.88 Å². The zero-order valence-electron chi connectivity index (χ0n) is 8.06. The van der Waals surface area contributed by atoms with Crippen LogP contribution in [-0.4, -0.2) is 28.8 Å². The van der Waals surface area contributed by atoms with Crippen LogP contribution in [0.1, 0.15) is 23.5 Å². The number of imidazole rings is 1. The van der Waals surface area contributed by atoms with Crippen LogP contribution in [0, 0.1) is 0 Å². The summed E-state index contributed by atoms with van der Waals surface area (Å²) in [5.41, 5.74) is 0. The number of carbonyl (C=O) groups is 2. The van der Waals surface area contributed by atoms with Crippen molar-refractivity contribution in [2.45, 2.75) is 19.4 Å². The fourth-order valence-electron chi connectivity index (χ4n) is 1.16. The second-order valence-corrected chi connectivity index (χ2v) is 2.87. The first-order valence-corrected chi connectivity index (χ1v) is 4.45. The molecular formula is C9H13N3O2. The van der Waals surface area contributed by atoms with Gasteiger partial charge in [0.1, 0.15) is 0 Å². The topological polar surface area (TPSA) is 64.0 Å². The minimum atomic E-state index is 0.0118. The number of aldehydes is 1. The zero-order valence-corrected chi connectivity index (χ0v) is 8.06. The molecule has 0 aliphatic rings. The van der Waals surface area contributed by atoms with Gasteiger partial charge in [-0.15, -0.1) is 0 Å². The molecule has 0 aliphatic heterocycles. The van der Waals surface area contributed by atoms with Gasteiger partial charge in [0.05, 0.1) is 0 Å². The number of hydrogen-bond donors (Lipinski definition) is 1. The molecule has 1 N–H and O–H groups in total. The van der Waals surface area contributed by atoms with Crippen molar-refractivity contribution in [1.29, 1.82) is 0 Å². The number of aromatic nitrogens is 2. The van der Waals surface area contributed by atoms with E-state index in [9.17, 15) is 9.59 Å². The number of carbonyl (C=O) groups excluding carboxylic acids is 2. The molecule has 14 heavy (non-hydrogen) atoms. The van der Waals surface area contributed by atoms with Crippen LogP contribution in [0.15, 0.2) is 12.4 Å². The molecule has 1 rings (SSSR count). The predicted octanol–water partition coefficient (Wildman–Crippen LogP) is 0.222. The van der Waals surface area contributed by atoms with E-state index in [4.69, 9.17) is 0 Å². The van der Waals surface area contributed by atoms with Crippen molar-refractivity contribution < 1.29 is 9.59 Å². The van der Waals surface area contributed by atoms with Crippen LogP contribution in [0.4, 0.5) is 0 Å². The summed E-state index contributed by atoms with van der Waals surface area (Å²) in [6.07, 6.45) is 5.18. The normalized spacial score (nSPS) is 9.79. The van der Waals surface area contributed by atoms with Gasteiger partial charge in [-0.25, -0.2) is 4.98 Å². The Balaban J connectivity index is 2.38. The second kappa shape index (κ2) is 5.16. The molecule has 0 aromatic carbocycles. The predicted molar refractivity (Wildman–Crippen MR) is 50.9 cm³/mol. The number of rotatable bonds is 5. The maximum absolute atomic E-state index is 10.9. The third-order valence-electron chi connectivity index (χ3n) is 1.93. The molecule has 1 amide bonds. The maximum atomic E-state index is 10.9. The lowest BCUT2D eigenvalue weighted by Gasteiger charge is -2.03. The van der Waals surface area contributed by atoms with Gasteiger partial charge in [0, 0.05) is 32.4 Å². The van der Waals surface area contributed by atoms with E-state index in [-0.39, 0.29) is 5.91 Å². The summed E-state index contributed by atoms with van der Waals surface area (Å²) >= 11 is 0. The minimum Gasteiger partial charge on any atom is -0.359 e. The molecule has 0 spiro atoms. The van der Waals surface area contributed by atoms with Crippen molar-refractivity contribution in [1.82, 2.24) is 14.9 Å². The molecule has 0 aliphatic carbocycles. The van der Waals surface area contributed by atoms with Gasteiger partial charge in [0.2, 0.25) is 5.91 Å².